The molecule has 0 N–H and O–H groups in total. The van der Waals surface area contributed by atoms with Crippen molar-refractivity contribution in [3.63, 3.8) is 0 Å². The van der Waals surface area contributed by atoms with Gasteiger partial charge in [0.25, 0.3) is 0 Å². The second-order valence-electron chi connectivity index (χ2n) is 7.28. The molecule has 0 fully saturated rings. The van der Waals surface area contributed by atoms with E-state index in [2.05, 4.69) is 0 Å². The fourth-order valence-electron chi connectivity index (χ4n) is 3.51. The molecule has 0 aliphatic carbocycles. The van der Waals surface area contributed by atoms with Gasteiger partial charge in [-0.1, -0.05) is 18.2 Å². The van der Waals surface area contributed by atoms with Crippen molar-refractivity contribution in [1.82, 2.24) is 0 Å². The Kier molecular flexibility index (Phi) is 6.19. The highest BCUT2D eigenvalue weighted by molar-refractivity contribution is 5.84. The summed E-state index contributed by atoms with van der Waals surface area (Å²) in [5.74, 6) is -1.27. The van der Waals surface area contributed by atoms with Crippen molar-refractivity contribution < 1.29 is 36.2 Å². The lowest BCUT2D eigenvalue weighted by atomic mass is 10.0. The Morgan fingerprint density at radius 3 is 2.35 bits per heavy atom. The molecule has 0 amide bonds. The van der Waals surface area contributed by atoms with Gasteiger partial charge in [0.15, 0.2) is 11.5 Å². The van der Waals surface area contributed by atoms with Crippen LogP contribution in [0, 0.1) is 5.82 Å². The van der Waals surface area contributed by atoms with Crippen LogP contribution < -0.4 is 19.6 Å². The third-order valence-corrected chi connectivity index (χ3v) is 5.09. The summed E-state index contributed by atoms with van der Waals surface area (Å²) in [6.07, 6.45) is -4.95. The lowest BCUT2D eigenvalue weighted by Crippen LogP contribution is -2.16. The third-order valence-electron chi connectivity index (χ3n) is 5.09. The summed E-state index contributed by atoms with van der Waals surface area (Å²) in [5, 5.41) is -0.0594. The minimum absolute atomic E-state index is 0.0245. The molecule has 5 nitrogen and oxygen atoms in total. The van der Waals surface area contributed by atoms with Gasteiger partial charge < -0.3 is 18.6 Å². The van der Waals surface area contributed by atoms with Gasteiger partial charge in [0.1, 0.15) is 23.8 Å². The number of hydrogen-bond acceptors (Lipinski definition) is 5. The molecule has 0 bridgehead atoms. The van der Waals surface area contributed by atoms with Gasteiger partial charge in [-0.05, 0) is 47.5 Å². The molecule has 0 saturated heterocycles. The molecule has 0 atom stereocenters. The van der Waals surface area contributed by atoms with Crippen LogP contribution in [-0.2, 0) is 12.8 Å². The number of methoxy groups -OCH3 is 2. The van der Waals surface area contributed by atoms with Crippen LogP contribution in [0.15, 0.2) is 69.9 Å². The van der Waals surface area contributed by atoms with Crippen molar-refractivity contribution >= 4 is 11.0 Å². The topological polar surface area (TPSA) is 57.9 Å². The van der Waals surface area contributed by atoms with Crippen molar-refractivity contribution in [1.29, 1.82) is 0 Å². The molecule has 9 heteroatoms. The molecule has 1 heterocycles. The molecule has 176 valence electrons. The van der Waals surface area contributed by atoms with Crippen LogP contribution in [0.4, 0.5) is 17.6 Å². The maximum Gasteiger partial charge on any atom is 0.450 e. The lowest BCUT2D eigenvalue weighted by molar-refractivity contribution is -0.152. The fourth-order valence-corrected chi connectivity index (χ4v) is 3.51. The van der Waals surface area contributed by atoms with Crippen molar-refractivity contribution in [2.24, 2.45) is 0 Å². The van der Waals surface area contributed by atoms with Crippen LogP contribution in [0.1, 0.15) is 11.3 Å². The van der Waals surface area contributed by atoms with Crippen LogP contribution >= 0.6 is 0 Å². The SMILES string of the molecule is COc1ccc(-c2c(C(F)(F)F)oc3cc(OCc4cccc(F)c4)ccc3c2=O)cc1OC. The van der Waals surface area contributed by atoms with Gasteiger partial charge in [-0.25, -0.2) is 4.39 Å². The fraction of sp³-hybridized carbons (Fsp3) is 0.160. The quantitative estimate of drug-likeness (QED) is 0.311. The predicted octanol–water partition coefficient (Wildman–Crippen LogP) is 6.21. The van der Waals surface area contributed by atoms with E-state index in [1.165, 1.54) is 68.8 Å². The van der Waals surface area contributed by atoms with E-state index in [9.17, 15) is 22.4 Å². The number of hydrogen-bond donors (Lipinski definition) is 0. The minimum atomic E-state index is -4.95. The molecule has 0 radical (unpaired) electrons. The Hall–Kier alpha value is -4.01. The van der Waals surface area contributed by atoms with Crippen molar-refractivity contribution in [2.45, 2.75) is 12.8 Å². The van der Waals surface area contributed by atoms with E-state index in [4.69, 9.17) is 18.6 Å². The van der Waals surface area contributed by atoms with Gasteiger partial charge >= 0.3 is 6.18 Å². The summed E-state index contributed by atoms with van der Waals surface area (Å²) in [6.45, 7) is -0.0245. The minimum Gasteiger partial charge on any atom is -0.493 e. The zero-order chi connectivity index (χ0) is 24.5. The molecule has 0 unspecified atom stereocenters. The van der Waals surface area contributed by atoms with Crippen LogP contribution in [0.25, 0.3) is 22.1 Å². The number of rotatable bonds is 6. The number of benzene rings is 3. The molecule has 3 aromatic carbocycles. The van der Waals surface area contributed by atoms with Crippen molar-refractivity contribution in [3.05, 3.63) is 88.0 Å². The molecule has 1 aromatic heterocycles. The smallest absolute Gasteiger partial charge is 0.450 e. The summed E-state index contributed by atoms with van der Waals surface area (Å²) < 4.78 is 76.1. The standard InChI is InChI=1S/C25H18F4O5/c1-31-19-9-6-15(11-21(19)32-2)22-23(30)18-8-7-17(12-20(18)34-24(22)25(27,28)29)33-13-14-4-3-5-16(26)10-14/h3-12H,13H2,1-2H3. The van der Waals surface area contributed by atoms with Gasteiger partial charge in [-0.2, -0.15) is 13.2 Å². The zero-order valence-corrected chi connectivity index (χ0v) is 18.0. The summed E-state index contributed by atoms with van der Waals surface area (Å²) in [5.41, 5.74) is -1.31. The third kappa shape index (κ3) is 4.54. The molecular formula is C25H18F4O5. The highest BCUT2D eigenvalue weighted by atomic mass is 19.4. The highest BCUT2D eigenvalue weighted by Gasteiger charge is 2.39. The van der Waals surface area contributed by atoms with Gasteiger partial charge in [0.05, 0.1) is 25.2 Å². The molecule has 0 aliphatic heterocycles. The first-order valence-corrected chi connectivity index (χ1v) is 9.99. The van der Waals surface area contributed by atoms with Crippen LogP contribution in [0.3, 0.4) is 0 Å². The Morgan fingerprint density at radius 2 is 1.68 bits per heavy atom. The van der Waals surface area contributed by atoms with E-state index < -0.39 is 28.7 Å². The van der Waals surface area contributed by atoms with E-state index in [1.54, 1.807) is 6.07 Å². The second-order valence-corrected chi connectivity index (χ2v) is 7.28. The first kappa shape index (κ1) is 23.2. The average Bonchev–Trinajstić information content (AvgIpc) is 2.81. The Bertz CT molecular complexity index is 1410. The van der Waals surface area contributed by atoms with Gasteiger partial charge in [0.2, 0.25) is 11.2 Å². The predicted molar refractivity (Wildman–Crippen MR) is 117 cm³/mol. The number of ether oxygens (including phenoxy) is 3. The first-order valence-electron chi connectivity index (χ1n) is 9.99. The van der Waals surface area contributed by atoms with E-state index in [0.29, 0.717) is 11.3 Å². The number of fused-ring (bicyclic) bond motifs is 1. The Balaban J connectivity index is 1.81. The zero-order valence-electron chi connectivity index (χ0n) is 18.0. The molecule has 0 spiro atoms. The van der Waals surface area contributed by atoms with Crippen LogP contribution in [0.5, 0.6) is 17.2 Å². The largest absolute Gasteiger partial charge is 0.493 e. The van der Waals surface area contributed by atoms with E-state index in [-0.39, 0.29) is 34.6 Å². The normalized spacial score (nSPS) is 11.5. The average molecular weight is 474 g/mol. The number of alkyl halides is 3. The van der Waals surface area contributed by atoms with E-state index >= 15 is 0 Å². The summed E-state index contributed by atoms with van der Waals surface area (Å²) >= 11 is 0. The maximum absolute atomic E-state index is 13.9. The van der Waals surface area contributed by atoms with Crippen molar-refractivity contribution in [3.8, 4) is 28.4 Å². The Morgan fingerprint density at radius 1 is 0.912 bits per heavy atom. The monoisotopic (exact) mass is 474 g/mol. The molecule has 34 heavy (non-hydrogen) atoms. The van der Waals surface area contributed by atoms with Gasteiger partial charge in [0, 0.05) is 6.07 Å². The van der Waals surface area contributed by atoms with Crippen LogP contribution in [0.2, 0.25) is 0 Å². The van der Waals surface area contributed by atoms with Crippen molar-refractivity contribution in [2.75, 3.05) is 14.2 Å². The lowest BCUT2D eigenvalue weighted by Gasteiger charge is -2.15. The van der Waals surface area contributed by atoms with Gasteiger partial charge in [-0.3, -0.25) is 4.79 Å². The van der Waals surface area contributed by atoms with Gasteiger partial charge in [-0.15, -0.1) is 0 Å². The molecule has 4 aromatic rings. The first-order chi connectivity index (χ1) is 16.2. The molecule has 0 saturated carbocycles. The van der Waals surface area contributed by atoms with E-state index in [1.807, 2.05) is 0 Å². The van der Waals surface area contributed by atoms with Crippen LogP contribution in [-0.4, -0.2) is 14.2 Å². The second kappa shape index (κ2) is 9.09. The highest BCUT2D eigenvalue weighted by Crippen LogP contribution is 2.40. The maximum atomic E-state index is 13.9. The number of halogens is 4. The molecular weight excluding hydrogens is 456 g/mol. The van der Waals surface area contributed by atoms with E-state index in [0.717, 1.165) is 0 Å². The molecule has 4 rings (SSSR count). The summed E-state index contributed by atoms with van der Waals surface area (Å²) in [4.78, 5) is 13.2. The molecule has 0 aliphatic rings. The Labute approximate surface area is 191 Å². The summed E-state index contributed by atoms with van der Waals surface area (Å²) in [7, 11) is 2.72. The summed E-state index contributed by atoms with van der Waals surface area (Å²) in [6, 6.07) is 13.7.